The smallest absolute Gasteiger partial charge is 0.390 e. The number of rotatable bonds is 3. The molecule has 80 valence electrons. The van der Waals surface area contributed by atoms with Gasteiger partial charge in [-0.25, -0.2) is 4.57 Å². The van der Waals surface area contributed by atoms with E-state index in [-0.39, 0.29) is 5.95 Å². The SMILES string of the molecule is CC.COCc1cnc([N+](=O)[O-])n1C. The summed E-state index contributed by atoms with van der Waals surface area (Å²) < 4.78 is 6.21. The van der Waals surface area contributed by atoms with Crippen molar-refractivity contribution in [3.05, 3.63) is 22.0 Å². The van der Waals surface area contributed by atoms with Crippen LogP contribution in [-0.4, -0.2) is 21.6 Å². The molecule has 0 spiro atoms. The van der Waals surface area contributed by atoms with E-state index in [1.807, 2.05) is 13.8 Å². The number of hydrogen-bond acceptors (Lipinski definition) is 4. The monoisotopic (exact) mass is 201 g/mol. The van der Waals surface area contributed by atoms with Crippen molar-refractivity contribution in [1.29, 1.82) is 0 Å². The van der Waals surface area contributed by atoms with Crippen molar-refractivity contribution in [1.82, 2.24) is 9.55 Å². The number of nitro groups is 1. The van der Waals surface area contributed by atoms with Crippen molar-refractivity contribution < 1.29 is 9.66 Å². The van der Waals surface area contributed by atoms with E-state index in [4.69, 9.17) is 4.74 Å². The number of ether oxygens (including phenoxy) is 1. The molecule has 0 unspecified atom stereocenters. The van der Waals surface area contributed by atoms with Gasteiger partial charge >= 0.3 is 5.95 Å². The molecule has 0 amide bonds. The molecule has 0 aliphatic rings. The fourth-order valence-corrected chi connectivity index (χ4v) is 0.885. The molecule has 0 radical (unpaired) electrons. The second-order valence-electron chi connectivity index (χ2n) is 2.30. The van der Waals surface area contributed by atoms with Gasteiger partial charge in [0, 0.05) is 7.11 Å². The molecule has 0 saturated heterocycles. The van der Waals surface area contributed by atoms with Gasteiger partial charge in [0.1, 0.15) is 18.5 Å². The van der Waals surface area contributed by atoms with E-state index in [1.165, 1.54) is 17.9 Å². The van der Waals surface area contributed by atoms with Crippen molar-refractivity contribution in [2.75, 3.05) is 7.11 Å². The zero-order chi connectivity index (χ0) is 11.1. The largest absolute Gasteiger partial charge is 0.434 e. The lowest BCUT2D eigenvalue weighted by molar-refractivity contribution is -0.396. The lowest BCUT2D eigenvalue weighted by Gasteiger charge is -1.97. The molecule has 0 aliphatic carbocycles. The summed E-state index contributed by atoms with van der Waals surface area (Å²) in [5, 5.41) is 10.3. The standard InChI is InChI=1S/C6H9N3O3.C2H6/c1-8-5(4-12-2)3-7-6(8)9(10)11;1-2/h3H,4H2,1-2H3;1-2H3. The van der Waals surface area contributed by atoms with Crippen LogP contribution < -0.4 is 0 Å². The predicted octanol–water partition coefficient (Wildman–Crippen LogP) is 1.50. The molecule has 1 rings (SSSR count). The predicted molar refractivity (Wildman–Crippen MR) is 51.9 cm³/mol. The third-order valence-electron chi connectivity index (χ3n) is 1.52. The van der Waals surface area contributed by atoms with Crippen LogP contribution in [0.25, 0.3) is 0 Å². The molecule has 14 heavy (non-hydrogen) atoms. The number of hydrogen-bond donors (Lipinski definition) is 0. The van der Waals surface area contributed by atoms with Crippen molar-refractivity contribution in [2.24, 2.45) is 7.05 Å². The molecule has 0 aliphatic heterocycles. The number of methoxy groups -OCH3 is 1. The Balaban J connectivity index is 0.000000791. The van der Waals surface area contributed by atoms with Gasteiger partial charge in [-0.05, 0) is 4.92 Å². The molecule has 0 saturated carbocycles. The summed E-state index contributed by atoms with van der Waals surface area (Å²) in [6, 6.07) is 0. The topological polar surface area (TPSA) is 70.2 Å². The first-order chi connectivity index (χ1) is 6.66. The van der Waals surface area contributed by atoms with Crippen molar-refractivity contribution in [3.63, 3.8) is 0 Å². The summed E-state index contributed by atoms with van der Waals surface area (Å²) in [6.45, 7) is 4.33. The first-order valence-electron chi connectivity index (χ1n) is 4.30. The number of imidazole rings is 1. The molecule has 0 N–H and O–H groups in total. The summed E-state index contributed by atoms with van der Waals surface area (Å²) >= 11 is 0. The minimum absolute atomic E-state index is 0.165. The van der Waals surface area contributed by atoms with Crippen LogP contribution in [0.4, 0.5) is 5.95 Å². The number of aromatic nitrogens is 2. The molecular formula is C8H15N3O3. The average molecular weight is 201 g/mol. The van der Waals surface area contributed by atoms with E-state index in [2.05, 4.69) is 4.98 Å². The normalized spacial score (nSPS) is 9.14. The van der Waals surface area contributed by atoms with Gasteiger partial charge in [-0.2, -0.15) is 0 Å². The molecule has 0 atom stereocenters. The van der Waals surface area contributed by atoms with E-state index >= 15 is 0 Å². The van der Waals surface area contributed by atoms with Gasteiger partial charge in [-0.3, -0.25) is 0 Å². The zero-order valence-corrected chi connectivity index (χ0v) is 8.85. The molecule has 1 aromatic rings. The fraction of sp³-hybridized carbons (Fsp3) is 0.625. The molecule has 0 fully saturated rings. The third kappa shape index (κ3) is 2.81. The van der Waals surface area contributed by atoms with Gasteiger partial charge in [0.05, 0.1) is 7.05 Å². The summed E-state index contributed by atoms with van der Waals surface area (Å²) in [5.74, 6) is -0.165. The molecule has 1 heterocycles. The Morgan fingerprint density at radius 3 is 2.57 bits per heavy atom. The summed E-state index contributed by atoms with van der Waals surface area (Å²) in [4.78, 5) is 13.4. The molecule has 0 bridgehead atoms. The highest BCUT2D eigenvalue weighted by Crippen LogP contribution is 2.10. The molecule has 6 nitrogen and oxygen atoms in total. The van der Waals surface area contributed by atoms with E-state index in [0.29, 0.717) is 12.3 Å². The Labute approximate surface area is 82.7 Å². The molecule has 1 aromatic heterocycles. The molecular weight excluding hydrogens is 186 g/mol. The first-order valence-corrected chi connectivity index (χ1v) is 4.30. The quantitative estimate of drug-likeness (QED) is 0.549. The van der Waals surface area contributed by atoms with Crippen LogP contribution in [0.1, 0.15) is 19.5 Å². The van der Waals surface area contributed by atoms with Gasteiger partial charge in [0.2, 0.25) is 0 Å². The Hall–Kier alpha value is -1.43. The fourth-order valence-electron chi connectivity index (χ4n) is 0.885. The zero-order valence-electron chi connectivity index (χ0n) is 8.85. The maximum Gasteiger partial charge on any atom is 0.434 e. The second-order valence-corrected chi connectivity index (χ2v) is 2.30. The first kappa shape index (κ1) is 12.6. The van der Waals surface area contributed by atoms with E-state index in [9.17, 15) is 10.1 Å². The Morgan fingerprint density at radius 1 is 1.64 bits per heavy atom. The minimum atomic E-state index is -0.529. The Kier molecular flexibility index (Phi) is 5.47. The molecule has 0 aromatic carbocycles. The van der Waals surface area contributed by atoms with E-state index < -0.39 is 4.92 Å². The highest BCUT2D eigenvalue weighted by molar-refractivity contribution is 5.13. The summed E-state index contributed by atoms with van der Waals surface area (Å²) in [7, 11) is 3.11. The second kappa shape index (κ2) is 6.09. The lowest BCUT2D eigenvalue weighted by Crippen LogP contribution is -2.02. The van der Waals surface area contributed by atoms with Crippen LogP contribution >= 0.6 is 0 Å². The maximum atomic E-state index is 10.3. The van der Waals surface area contributed by atoms with E-state index in [1.54, 1.807) is 7.05 Å². The van der Waals surface area contributed by atoms with Crippen LogP contribution in [0.5, 0.6) is 0 Å². The van der Waals surface area contributed by atoms with E-state index in [0.717, 1.165) is 0 Å². The van der Waals surface area contributed by atoms with Crippen molar-refractivity contribution in [2.45, 2.75) is 20.5 Å². The van der Waals surface area contributed by atoms with Crippen molar-refractivity contribution >= 4 is 5.95 Å². The van der Waals surface area contributed by atoms with Gasteiger partial charge < -0.3 is 14.9 Å². The van der Waals surface area contributed by atoms with Gasteiger partial charge in [-0.15, -0.1) is 0 Å². The molecule has 6 heteroatoms. The van der Waals surface area contributed by atoms with Crippen molar-refractivity contribution in [3.8, 4) is 0 Å². The maximum absolute atomic E-state index is 10.3. The Bertz CT molecular complexity index is 296. The van der Waals surface area contributed by atoms with Gasteiger partial charge in [-0.1, -0.05) is 18.8 Å². The highest BCUT2D eigenvalue weighted by Gasteiger charge is 2.16. The lowest BCUT2D eigenvalue weighted by atomic mass is 10.5. The van der Waals surface area contributed by atoms with Crippen LogP contribution in [0, 0.1) is 10.1 Å². The summed E-state index contributed by atoms with van der Waals surface area (Å²) in [6.07, 6.45) is 1.43. The van der Waals surface area contributed by atoms with Crippen LogP contribution in [0.15, 0.2) is 6.20 Å². The summed E-state index contributed by atoms with van der Waals surface area (Å²) in [5.41, 5.74) is 0.684. The van der Waals surface area contributed by atoms with Crippen LogP contribution in [0.3, 0.4) is 0 Å². The number of nitrogens with zero attached hydrogens (tertiary/aromatic N) is 3. The van der Waals surface area contributed by atoms with Crippen LogP contribution in [0.2, 0.25) is 0 Å². The highest BCUT2D eigenvalue weighted by atomic mass is 16.6. The Morgan fingerprint density at radius 2 is 2.21 bits per heavy atom. The minimum Gasteiger partial charge on any atom is -0.390 e. The average Bonchev–Trinajstić information content (AvgIpc) is 2.52. The van der Waals surface area contributed by atoms with Gasteiger partial charge in [0.25, 0.3) is 0 Å². The van der Waals surface area contributed by atoms with Crippen LogP contribution in [-0.2, 0) is 18.4 Å². The third-order valence-corrected chi connectivity index (χ3v) is 1.52. The van der Waals surface area contributed by atoms with Gasteiger partial charge in [0.15, 0.2) is 0 Å².